The summed E-state index contributed by atoms with van der Waals surface area (Å²) < 4.78 is 20.8. The average Bonchev–Trinajstić information content (AvgIpc) is 3.28. The molecule has 0 aromatic heterocycles. The molecule has 7 heteroatoms. The van der Waals surface area contributed by atoms with Crippen LogP contribution < -0.4 is 9.47 Å². The van der Waals surface area contributed by atoms with E-state index in [0.717, 1.165) is 12.0 Å². The van der Waals surface area contributed by atoms with Crippen molar-refractivity contribution in [2.45, 2.75) is 31.9 Å². The quantitative estimate of drug-likeness (QED) is 0.733. The zero-order valence-corrected chi connectivity index (χ0v) is 13.7. The molecular formula is C17H21NO6. The molecule has 0 aliphatic carbocycles. The number of esters is 1. The molecule has 0 spiro atoms. The first-order valence-corrected chi connectivity index (χ1v) is 8.03. The van der Waals surface area contributed by atoms with Gasteiger partial charge >= 0.3 is 5.97 Å². The lowest BCUT2D eigenvalue weighted by atomic mass is 10.1. The lowest BCUT2D eigenvalue weighted by Gasteiger charge is -2.25. The van der Waals surface area contributed by atoms with Gasteiger partial charge < -0.3 is 23.8 Å². The van der Waals surface area contributed by atoms with Crippen molar-refractivity contribution in [3.63, 3.8) is 0 Å². The number of carbonyl (C=O) groups is 2. The predicted octanol–water partition coefficient (Wildman–Crippen LogP) is 1.49. The Kier molecular flexibility index (Phi) is 5.20. The number of rotatable bonds is 6. The Balaban J connectivity index is 1.70. The van der Waals surface area contributed by atoms with Crippen LogP contribution in [-0.4, -0.2) is 49.9 Å². The van der Waals surface area contributed by atoms with Gasteiger partial charge in [-0.2, -0.15) is 0 Å². The molecule has 1 amide bonds. The molecule has 2 aliphatic rings. The maximum absolute atomic E-state index is 12.7. The summed E-state index contributed by atoms with van der Waals surface area (Å²) in [6, 6.07) is 5.57. The van der Waals surface area contributed by atoms with Gasteiger partial charge in [0.25, 0.3) is 5.91 Å². The molecule has 1 saturated heterocycles. The second-order valence-electron chi connectivity index (χ2n) is 5.78. The number of methoxy groups -OCH3 is 1. The van der Waals surface area contributed by atoms with Gasteiger partial charge in [-0.3, -0.25) is 9.59 Å². The van der Waals surface area contributed by atoms with Crippen LogP contribution in [0.15, 0.2) is 18.2 Å². The minimum Gasteiger partial charge on any atom is -0.469 e. The number of benzene rings is 1. The summed E-state index contributed by atoms with van der Waals surface area (Å²) in [6.07, 6.45) is 1.33. The molecule has 1 fully saturated rings. The number of hydrogen-bond acceptors (Lipinski definition) is 6. The van der Waals surface area contributed by atoms with Gasteiger partial charge in [-0.1, -0.05) is 6.07 Å². The smallest absolute Gasteiger partial charge is 0.307 e. The third-order valence-electron chi connectivity index (χ3n) is 4.14. The van der Waals surface area contributed by atoms with Crippen LogP contribution >= 0.6 is 0 Å². The lowest BCUT2D eigenvalue weighted by Crippen LogP contribution is -2.39. The molecule has 130 valence electrons. The highest BCUT2D eigenvalue weighted by atomic mass is 16.7. The van der Waals surface area contributed by atoms with E-state index in [1.54, 1.807) is 4.90 Å². The molecule has 7 nitrogen and oxygen atoms in total. The Morgan fingerprint density at radius 3 is 2.88 bits per heavy atom. The van der Waals surface area contributed by atoms with Crippen molar-refractivity contribution in [3.8, 4) is 11.5 Å². The van der Waals surface area contributed by atoms with Crippen LogP contribution in [0.1, 0.15) is 24.8 Å². The largest absolute Gasteiger partial charge is 0.469 e. The number of hydrogen-bond donors (Lipinski definition) is 0. The van der Waals surface area contributed by atoms with Gasteiger partial charge in [-0.05, 0) is 30.5 Å². The molecule has 3 rings (SSSR count). The van der Waals surface area contributed by atoms with Crippen molar-refractivity contribution in [3.05, 3.63) is 23.8 Å². The van der Waals surface area contributed by atoms with Crippen LogP contribution in [-0.2, 0) is 25.6 Å². The standard InChI is InChI=1S/C17H21NO6/c1-21-16(19)6-7-18(17(20)14-3-2-8-22-14)10-12-4-5-13-15(9-12)24-11-23-13/h4-5,9,14H,2-3,6-8,10-11H2,1H3. The lowest BCUT2D eigenvalue weighted by molar-refractivity contribution is -0.144. The predicted molar refractivity (Wildman–Crippen MR) is 83.6 cm³/mol. The van der Waals surface area contributed by atoms with E-state index in [4.69, 9.17) is 14.2 Å². The Bertz CT molecular complexity index is 611. The molecule has 0 radical (unpaired) electrons. The monoisotopic (exact) mass is 335 g/mol. The highest BCUT2D eigenvalue weighted by Crippen LogP contribution is 2.33. The summed E-state index contributed by atoms with van der Waals surface area (Å²) in [6.45, 7) is 1.48. The third kappa shape index (κ3) is 3.79. The summed E-state index contributed by atoms with van der Waals surface area (Å²) in [4.78, 5) is 25.8. The number of fused-ring (bicyclic) bond motifs is 1. The molecular weight excluding hydrogens is 314 g/mol. The second-order valence-corrected chi connectivity index (χ2v) is 5.78. The fourth-order valence-electron chi connectivity index (χ4n) is 2.83. The molecule has 24 heavy (non-hydrogen) atoms. The molecule has 0 N–H and O–H groups in total. The van der Waals surface area contributed by atoms with E-state index in [1.807, 2.05) is 18.2 Å². The molecule has 0 saturated carbocycles. The zero-order valence-electron chi connectivity index (χ0n) is 13.7. The van der Waals surface area contributed by atoms with Crippen LogP contribution in [0.2, 0.25) is 0 Å². The summed E-state index contributed by atoms with van der Waals surface area (Å²) in [5.41, 5.74) is 0.912. The van der Waals surface area contributed by atoms with Crippen molar-refractivity contribution in [1.82, 2.24) is 4.90 Å². The van der Waals surface area contributed by atoms with Crippen LogP contribution in [0.4, 0.5) is 0 Å². The maximum Gasteiger partial charge on any atom is 0.307 e. The first kappa shape index (κ1) is 16.6. The topological polar surface area (TPSA) is 74.3 Å². The molecule has 2 heterocycles. The summed E-state index contributed by atoms with van der Waals surface area (Å²) in [5, 5.41) is 0. The zero-order chi connectivity index (χ0) is 16.9. The molecule has 1 aromatic carbocycles. The van der Waals surface area contributed by atoms with Crippen molar-refractivity contribution in [2.24, 2.45) is 0 Å². The summed E-state index contributed by atoms with van der Waals surface area (Å²) >= 11 is 0. The van der Waals surface area contributed by atoms with Gasteiger partial charge in [0, 0.05) is 19.7 Å². The maximum atomic E-state index is 12.7. The fourth-order valence-corrected chi connectivity index (χ4v) is 2.83. The molecule has 0 bridgehead atoms. The van der Waals surface area contributed by atoms with Crippen molar-refractivity contribution in [2.75, 3.05) is 27.1 Å². The van der Waals surface area contributed by atoms with E-state index in [1.165, 1.54) is 7.11 Å². The van der Waals surface area contributed by atoms with Crippen molar-refractivity contribution >= 4 is 11.9 Å². The van der Waals surface area contributed by atoms with Crippen molar-refractivity contribution in [1.29, 1.82) is 0 Å². The van der Waals surface area contributed by atoms with Gasteiger partial charge in [0.1, 0.15) is 6.10 Å². The Hall–Kier alpha value is -2.28. The number of carbonyl (C=O) groups excluding carboxylic acids is 2. The summed E-state index contributed by atoms with van der Waals surface area (Å²) in [7, 11) is 1.34. The van der Waals surface area contributed by atoms with Crippen LogP contribution in [0.25, 0.3) is 0 Å². The normalized spacial score (nSPS) is 18.5. The number of ether oxygens (including phenoxy) is 4. The average molecular weight is 335 g/mol. The highest BCUT2D eigenvalue weighted by molar-refractivity contribution is 5.81. The van der Waals surface area contributed by atoms with Gasteiger partial charge in [0.05, 0.1) is 13.5 Å². The molecule has 1 aromatic rings. The SMILES string of the molecule is COC(=O)CCN(Cc1ccc2c(c1)OCO2)C(=O)C1CCCO1. The van der Waals surface area contributed by atoms with Crippen molar-refractivity contribution < 1.29 is 28.5 Å². The van der Waals surface area contributed by atoms with E-state index in [-0.39, 0.29) is 25.1 Å². The van der Waals surface area contributed by atoms with E-state index >= 15 is 0 Å². The van der Waals surface area contributed by atoms with Gasteiger partial charge in [0.15, 0.2) is 11.5 Å². The summed E-state index contributed by atoms with van der Waals surface area (Å²) in [5.74, 6) is 0.940. The van der Waals surface area contributed by atoms with E-state index < -0.39 is 6.10 Å². The number of amides is 1. The second kappa shape index (κ2) is 7.53. The van der Waals surface area contributed by atoms with Crippen LogP contribution in [0.3, 0.4) is 0 Å². The minimum absolute atomic E-state index is 0.0888. The fraction of sp³-hybridized carbons (Fsp3) is 0.529. The molecule has 1 atom stereocenters. The Labute approximate surface area is 140 Å². The van der Waals surface area contributed by atoms with Gasteiger partial charge in [-0.15, -0.1) is 0 Å². The molecule has 1 unspecified atom stereocenters. The Morgan fingerprint density at radius 1 is 1.29 bits per heavy atom. The van der Waals surface area contributed by atoms with E-state index in [9.17, 15) is 9.59 Å². The number of nitrogens with zero attached hydrogens (tertiary/aromatic N) is 1. The van der Waals surface area contributed by atoms with E-state index in [2.05, 4.69) is 4.74 Å². The highest BCUT2D eigenvalue weighted by Gasteiger charge is 2.29. The third-order valence-corrected chi connectivity index (χ3v) is 4.14. The van der Waals surface area contributed by atoms with Gasteiger partial charge in [0.2, 0.25) is 6.79 Å². The molecule has 2 aliphatic heterocycles. The first-order chi connectivity index (χ1) is 11.7. The van der Waals surface area contributed by atoms with Gasteiger partial charge in [-0.25, -0.2) is 0 Å². The Morgan fingerprint density at radius 2 is 2.12 bits per heavy atom. The first-order valence-electron chi connectivity index (χ1n) is 8.03. The minimum atomic E-state index is -0.420. The van der Waals surface area contributed by atoms with Crippen LogP contribution in [0.5, 0.6) is 11.5 Å². The van der Waals surface area contributed by atoms with E-state index in [0.29, 0.717) is 37.6 Å². The van der Waals surface area contributed by atoms with Crippen LogP contribution in [0, 0.1) is 0 Å².